The molecular formula is C15H25N3O3. The van der Waals surface area contributed by atoms with Gasteiger partial charge in [0, 0.05) is 25.7 Å². The van der Waals surface area contributed by atoms with Crippen molar-refractivity contribution < 1.29 is 14.7 Å². The zero-order valence-corrected chi connectivity index (χ0v) is 12.8. The first kappa shape index (κ1) is 14.8. The maximum absolute atomic E-state index is 12.6. The van der Waals surface area contributed by atoms with E-state index < -0.39 is 17.7 Å². The van der Waals surface area contributed by atoms with Crippen LogP contribution in [0.2, 0.25) is 0 Å². The molecule has 3 fully saturated rings. The van der Waals surface area contributed by atoms with Crippen molar-refractivity contribution in [3.8, 4) is 0 Å². The molecular weight excluding hydrogens is 270 g/mol. The molecule has 3 heterocycles. The molecule has 0 aliphatic carbocycles. The molecule has 4 atom stereocenters. The molecule has 1 spiro atoms. The van der Waals surface area contributed by atoms with Gasteiger partial charge >= 0.3 is 0 Å². The lowest BCUT2D eigenvalue weighted by Crippen LogP contribution is -2.76. The summed E-state index contributed by atoms with van der Waals surface area (Å²) in [6.45, 7) is 5.69. The van der Waals surface area contributed by atoms with E-state index in [0.29, 0.717) is 12.6 Å². The molecule has 0 radical (unpaired) electrons. The van der Waals surface area contributed by atoms with Crippen LogP contribution in [0.25, 0.3) is 0 Å². The van der Waals surface area contributed by atoms with Crippen molar-refractivity contribution in [2.75, 3.05) is 19.6 Å². The highest BCUT2D eigenvalue weighted by molar-refractivity contribution is 5.97. The maximum Gasteiger partial charge on any atom is 0.248 e. The van der Waals surface area contributed by atoms with Crippen LogP contribution in [-0.4, -0.2) is 70.1 Å². The predicted octanol–water partition coefficient (Wildman–Crippen LogP) is -0.289. The highest BCUT2D eigenvalue weighted by Crippen LogP contribution is 2.36. The van der Waals surface area contributed by atoms with Gasteiger partial charge in [-0.05, 0) is 39.5 Å². The Hall–Kier alpha value is -1.14. The van der Waals surface area contributed by atoms with Crippen LogP contribution in [0, 0.1) is 0 Å². The Kier molecular flexibility index (Phi) is 3.69. The van der Waals surface area contributed by atoms with Crippen molar-refractivity contribution in [1.29, 1.82) is 0 Å². The van der Waals surface area contributed by atoms with E-state index in [2.05, 4.69) is 12.2 Å². The van der Waals surface area contributed by atoms with Gasteiger partial charge in [-0.3, -0.25) is 14.9 Å². The molecule has 0 aromatic carbocycles. The minimum absolute atomic E-state index is 0.0229. The summed E-state index contributed by atoms with van der Waals surface area (Å²) in [6.07, 6.45) is 3.00. The monoisotopic (exact) mass is 295 g/mol. The van der Waals surface area contributed by atoms with E-state index in [1.54, 1.807) is 16.7 Å². The Bertz CT molecular complexity index is 447. The third-order valence-corrected chi connectivity index (χ3v) is 5.10. The average molecular weight is 295 g/mol. The second-order valence-corrected chi connectivity index (χ2v) is 6.82. The Morgan fingerprint density at radius 3 is 2.57 bits per heavy atom. The smallest absolute Gasteiger partial charge is 0.248 e. The summed E-state index contributed by atoms with van der Waals surface area (Å²) in [6, 6.07) is -0.380. The molecule has 0 bridgehead atoms. The van der Waals surface area contributed by atoms with Crippen molar-refractivity contribution in [2.45, 2.75) is 63.3 Å². The fraction of sp³-hybridized carbons (Fsp3) is 0.867. The molecule has 2 N–H and O–H groups in total. The SMILES string of the molecule is CC1CCC2(CN(C(C(=O)N3CCCC3)C(C)O)C2=O)N1. The molecule has 6 heteroatoms. The molecule has 0 aromatic rings. The highest BCUT2D eigenvalue weighted by Gasteiger charge is 2.58. The number of carbonyl (C=O) groups excluding carboxylic acids is 2. The molecule has 4 unspecified atom stereocenters. The first-order valence-corrected chi connectivity index (χ1v) is 8.00. The number of hydrogen-bond acceptors (Lipinski definition) is 4. The molecule has 6 nitrogen and oxygen atoms in total. The number of β-lactam (4-membered cyclic amide) rings is 1. The number of aliphatic hydroxyl groups is 1. The van der Waals surface area contributed by atoms with Crippen LogP contribution in [0.4, 0.5) is 0 Å². The second kappa shape index (κ2) is 5.25. The summed E-state index contributed by atoms with van der Waals surface area (Å²) in [5.74, 6) is -0.123. The molecule has 118 valence electrons. The fourth-order valence-electron chi connectivity index (χ4n) is 3.94. The van der Waals surface area contributed by atoms with Crippen LogP contribution in [0.3, 0.4) is 0 Å². The van der Waals surface area contributed by atoms with Crippen LogP contribution in [0.5, 0.6) is 0 Å². The minimum atomic E-state index is -0.835. The molecule has 0 aromatic heterocycles. The van der Waals surface area contributed by atoms with Gasteiger partial charge in [-0.1, -0.05) is 0 Å². The second-order valence-electron chi connectivity index (χ2n) is 6.82. The number of nitrogens with one attached hydrogen (secondary N) is 1. The predicted molar refractivity (Wildman–Crippen MR) is 77.6 cm³/mol. The normalized spacial score (nSPS) is 35.2. The van der Waals surface area contributed by atoms with Crippen molar-refractivity contribution in [3.05, 3.63) is 0 Å². The molecule has 3 aliphatic heterocycles. The van der Waals surface area contributed by atoms with Gasteiger partial charge in [0.1, 0.15) is 11.6 Å². The van der Waals surface area contributed by atoms with Gasteiger partial charge < -0.3 is 14.9 Å². The summed E-state index contributed by atoms with van der Waals surface area (Å²) in [7, 11) is 0. The third kappa shape index (κ3) is 2.34. The van der Waals surface area contributed by atoms with Gasteiger partial charge in [-0.2, -0.15) is 0 Å². The van der Waals surface area contributed by atoms with Gasteiger partial charge in [0.05, 0.1) is 6.10 Å². The Morgan fingerprint density at radius 2 is 2.10 bits per heavy atom. The van der Waals surface area contributed by atoms with E-state index in [0.717, 1.165) is 38.8 Å². The minimum Gasteiger partial charge on any atom is -0.391 e. The first-order chi connectivity index (χ1) is 9.94. The van der Waals surface area contributed by atoms with Crippen LogP contribution in [0.1, 0.15) is 39.5 Å². The first-order valence-electron chi connectivity index (χ1n) is 8.00. The third-order valence-electron chi connectivity index (χ3n) is 5.10. The highest BCUT2D eigenvalue weighted by atomic mass is 16.3. The molecule has 2 amide bonds. The summed E-state index contributed by atoms with van der Waals surface area (Å²) in [5, 5.41) is 13.4. The number of likely N-dealkylation sites (tertiary alicyclic amines) is 2. The lowest BCUT2D eigenvalue weighted by Gasteiger charge is -2.51. The van der Waals surface area contributed by atoms with Gasteiger partial charge in [0.25, 0.3) is 0 Å². The number of hydrogen-bond donors (Lipinski definition) is 2. The fourth-order valence-corrected chi connectivity index (χ4v) is 3.94. The topological polar surface area (TPSA) is 72.9 Å². The summed E-state index contributed by atoms with van der Waals surface area (Å²) >= 11 is 0. The van der Waals surface area contributed by atoms with Gasteiger partial charge in [0.15, 0.2) is 0 Å². The average Bonchev–Trinajstić information content (AvgIpc) is 3.08. The molecule has 3 saturated heterocycles. The van der Waals surface area contributed by atoms with E-state index in [1.807, 2.05) is 0 Å². The van der Waals surface area contributed by atoms with Gasteiger partial charge in [-0.15, -0.1) is 0 Å². The number of amides is 2. The van der Waals surface area contributed by atoms with Crippen molar-refractivity contribution >= 4 is 11.8 Å². The van der Waals surface area contributed by atoms with E-state index in [1.165, 1.54) is 0 Å². The lowest BCUT2D eigenvalue weighted by atomic mass is 9.84. The molecule has 3 aliphatic rings. The maximum atomic E-state index is 12.6. The van der Waals surface area contributed by atoms with Crippen molar-refractivity contribution in [2.24, 2.45) is 0 Å². The molecule has 21 heavy (non-hydrogen) atoms. The zero-order chi connectivity index (χ0) is 15.2. The van der Waals surface area contributed by atoms with E-state index in [-0.39, 0.29) is 11.8 Å². The van der Waals surface area contributed by atoms with E-state index >= 15 is 0 Å². The summed E-state index contributed by atoms with van der Waals surface area (Å²) in [4.78, 5) is 28.5. The number of carbonyl (C=O) groups is 2. The summed E-state index contributed by atoms with van der Waals surface area (Å²) < 4.78 is 0. The Morgan fingerprint density at radius 1 is 1.43 bits per heavy atom. The number of rotatable bonds is 3. The quantitative estimate of drug-likeness (QED) is 0.702. The van der Waals surface area contributed by atoms with Crippen LogP contribution < -0.4 is 5.32 Å². The standard InChI is InChI=1S/C15H25N3O3/c1-10-5-6-15(16-10)9-18(14(15)21)12(11(2)19)13(20)17-7-3-4-8-17/h10-12,16,19H,3-9H2,1-2H3. The lowest BCUT2D eigenvalue weighted by molar-refractivity contribution is -0.167. The largest absolute Gasteiger partial charge is 0.391 e. The van der Waals surface area contributed by atoms with Gasteiger partial charge in [-0.25, -0.2) is 0 Å². The van der Waals surface area contributed by atoms with Crippen LogP contribution >= 0.6 is 0 Å². The van der Waals surface area contributed by atoms with E-state index in [4.69, 9.17) is 0 Å². The number of aliphatic hydroxyl groups excluding tert-OH is 1. The molecule has 0 saturated carbocycles. The van der Waals surface area contributed by atoms with Crippen LogP contribution in [-0.2, 0) is 9.59 Å². The Balaban J connectivity index is 1.71. The van der Waals surface area contributed by atoms with Crippen LogP contribution in [0.15, 0.2) is 0 Å². The zero-order valence-electron chi connectivity index (χ0n) is 12.8. The summed E-state index contributed by atoms with van der Waals surface area (Å²) in [5.41, 5.74) is -0.474. The Labute approximate surface area is 125 Å². The van der Waals surface area contributed by atoms with Gasteiger partial charge in [0.2, 0.25) is 11.8 Å². The van der Waals surface area contributed by atoms with E-state index in [9.17, 15) is 14.7 Å². The van der Waals surface area contributed by atoms with Crippen molar-refractivity contribution in [1.82, 2.24) is 15.1 Å². The van der Waals surface area contributed by atoms with Crippen molar-refractivity contribution in [3.63, 3.8) is 0 Å². The molecule has 3 rings (SSSR count). The number of nitrogens with zero attached hydrogens (tertiary/aromatic N) is 2.